The second-order valence-corrected chi connectivity index (χ2v) is 4.61. The Morgan fingerprint density at radius 1 is 1.53 bits per heavy atom. The van der Waals surface area contributed by atoms with Crippen LogP contribution in [-0.4, -0.2) is 46.9 Å². The number of terminal acetylenes is 1. The summed E-state index contributed by atoms with van der Waals surface area (Å²) < 4.78 is 0. The molecule has 6 heteroatoms. The van der Waals surface area contributed by atoms with Gasteiger partial charge in [-0.2, -0.15) is 0 Å². The molecule has 2 atom stereocenters. The van der Waals surface area contributed by atoms with E-state index in [2.05, 4.69) is 11.2 Å². The zero-order valence-corrected chi connectivity index (χ0v) is 10.9. The molecule has 104 valence electrons. The molecule has 1 heterocycles. The van der Waals surface area contributed by atoms with Crippen LogP contribution < -0.4 is 5.32 Å². The fraction of sp³-hybridized carbons (Fsp3) is 0.615. The predicted molar refractivity (Wildman–Crippen MR) is 68.0 cm³/mol. The molecule has 1 saturated heterocycles. The number of carbonyl (C=O) groups excluding carboxylic acids is 2. The van der Waals surface area contributed by atoms with Crippen molar-refractivity contribution >= 4 is 17.8 Å². The summed E-state index contributed by atoms with van der Waals surface area (Å²) >= 11 is 0. The Morgan fingerprint density at radius 2 is 2.21 bits per heavy atom. The van der Waals surface area contributed by atoms with Gasteiger partial charge in [0.2, 0.25) is 11.8 Å². The summed E-state index contributed by atoms with van der Waals surface area (Å²) in [5, 5.41) is 11.3. The molecule has 2 N–H and O–H groups in total. The standard InChI is InChI=1S/C13H18N2O4/c1-3-5-11(13(18)19)14-12(17)10-6-4-7-15(8-10)9(2)16/h1,10-11H,4-8H2,2H3,(H,14,17)(H,18,19). The Morgan fingerprint density at radius 3 is 2.74 bits per heavy atom. The molecule has 0 aromatic heterocycles. The number of rotatable bonds is 4. The normalized spacial score (nSPS) is 20.2. The second kappa shape index (κ2) is 6.78. The molecule has 1 aliphatic heterocycles. The van der Waals surface area contributed by atoms with Crippen LogP contribution in [0.1, 0.15) is 26.2 Å². The first-order valence-electron chi connectivity index (χ1n) is 6.18. The summed E-state index contributed by atoms with van der Waals surface area (Å²) in [6, 6.07) is -1.06. The monoisotopic (exact) mass is 266 g/mol. The maximum absolute atomic E-state index is 12.0. The number of nitrogens with one attached hydrogen (secondary N) is 1. The molecule has 0 spiro atoms. The van der Waals surface area contributed by atoms with Crippen LogP contribution >= 0.6 is 0 Å². The lowest BCUT2D eigenvalue weighted by Gasteiger charge is -2.31. The third kappa shape index (κ3) is 4.28. The van der Waals surface area contributed by atoms with Crippen LogP contribution in [0.5, 0.6) is 0 Å². The SMILES string of the molecule is C#CCC(NC(=O)C1CCCN(C(C)=O)C1)C(=O)O. The molecule has 0 saturated carbocycles. The van der Waals surface area contributed by atoms with Gasteiger partial charge < -0.3 is 15.3 Å². The zero-order valence-electron chi connectivity index (χ0n) is 10.9. The minimum atomic E-state index is -1.15. The van der Waals surface area contributed by atoms with Crippen molar-refractivity contribution in [1.82, 2.24) is 10.2 Å². The molecule has 6 nitrogen and oxygen atoms in total. The van der Waals surface area contributed by atoms with Crippen molar-refractivity contribution in [1.29, 1.82) is 0 Å². The van der Waals surface area contributed by atoms with Crippen LogP contribution in [-0.2, 0) is 14.4 Å². The lowest BCUT2D eigenvalue weighted by Crippen LogP contribution is -2.49. The molecule has 0 radical (unpaired) electrons. The second-order valence-electron chi connectivity index (χ2n) is 4.61. The fourth-order valence-corrected chi connectivity index (χ4v) is 2.08. The van der Waals surface area contributed by atoms with Crippen molar-refractivity contribution < 1.29 is 19.5 Å². The molecular weight excluding hydrogens is 248 g/mol. The van der Waals surface area contributed by atoms with E-state index >= 15 is 0 Å². The molecule has 0 aromatic carbocycles. The highest BCUT2D eigenvalue weighted by Gasteiger charge is 2.29. The van der Waals surface area contributed by atoms with Gasteiger partial charge in [-0.15, -0.1) is 12.3 Å². The molecule has 2 amide bonds. The average Bonchev–Trinajstić information content (AvgIpc) is 2.38. The maximum Gasteiger partial charge on any atom is 0.327 e. The van der Waals surface area contributed by atoms with Crippen molar-refractivity contribution in [2.45, 2.75) is 32.2 Å². The number of aliphatic carboxylic acids is 1. The molecule has 0 aromatic rings. The van der Waals surface area contributed by atoms with E-state index in [9.17, 15) is 14.4 Å². The van der Waals surface area contributed by atoms with E-state index in [-0.39, 0.29) is 24.2 Å². The lowest BCUT2D eigenvalue weighted by atomic mass is 9.96. The summed E-state index contributed by atoms with van der Waals surface area (Å²) in [5.41, 5.74) is 0. The van der Waals surface area contributed by atoms with Gasteiger partial charge in [0.05, 0.1) is 5.92 Å². The quantitative estimate of drug-likeness (QED) is 0.692. The molecule has 1 aliphatic rings. The number of hydrogen-bond acceptors (Lipinski definition) is 3. The molecule has 1 rings (SSSR count). The maximum atomic E-state index is 12.0. The molecule has 0 aliphatic carbocycles. The zero-order chi connectivity index (χ0) is 14.4. The summed E-state index contributed by atoms with van der Waals surface area (Å²) in [5.74, 6) is 0.287. The molecule has 0 bridgehead atoms. The number of amides is 2. The van der Waals surface area contributed by atoms with E-state index in [1.165, 1.54) is 6.92 Å². The molecule has 2 unspecified atom stereocenters. The van der Waals surface area contributed by atoms with E-state index in [4.69, 9.17) is 11.5 Å². The Balaban J connectivity index is 2.59. The van der Waals surface area contributed by atoms with E-state index in [1.54, 1.807) is 4.90 Å². The van der Waals surface area contributed by atoms with Crippen molar-refractivity contribution in [2.75, 3.05) is 13.1 Å². The Kier molecular flexibility index (Phi) is 5.37. The third-order valence-corrected chi connectivity index (χ3v) is 3.17. The van der Waals surface area contributed by atoms with E-state index in [0.29, 0.717) is 19.5 Å². The predicted octanol–water partition coefficient (Wildman–Crippen LogP) is -0.162. The first-order valence-corrected chi connectivity index (χ1v) is 6.18. The van der Waals surface area contributed by atoms with Gasteiger partial charge >= 0.3 is 5.97 Å². The van der Waals surface area contributed by atoms with Crippen LogP contribution in [0.25, 0.3) is 0 Å². The topological polar surface area (TPSA) is 86.7 Å². The smallest absolute Gasteiger partial charge is 0.327 e. The average molecular weight is 266 g/mol. The lowest BCUT2D eigenvalue weighted by molar-refractivity contribution is -0.143. The molecular formula is C13H18N2O4. The molecule has 1 fully saturated rings. The van der Waals surface area contributed by atoms with E-state index < -0.39 is 12.0 Å². The minimum absolute atomic E-state index is 0.0514. The van der Waals surface area contributed by atoms with Gasteiger partial charge in [0, 0.05) is 26.4 Å². The minimum Gasteiger partial charge on any atom is -0.480 e. The van der Waals surface area contributed by atoms with Crippen molar-refractivity contribution in [2.24, 2.45) is 5.92 Å². The van der Waals surface area contributed by atoms with E-state index in [1.807, 2.05) is 0 Å². The van der Waals surface area contributed by atoms with Crippen LogP contribution in [0.2, 0.25) is 0 Å². The highest BCUT2D eigenvalue weighted by Crippen LogP contribution is 2.17. The van der Waals surface area contributed by atoms with Crippen LogP contribution in [0.15, 0.2) is 0 Å². The van der Waals surface area contributed by atoms with Gasteiger partial charge in [-0.25, -0.2) is 4.79 Å². The number of piperidine rings is 1. The van der Waals surface area contributed by atoms with Crippen molar-refractivity contribution in [3.8, 4) is 12.3 Å². The number of nitrogens with zero attached hydrogens (tertiary/aromatic N) is 1. The summed E-state index contributed by atoms with van der Waals surface area (Å²) in [7, 11) is 0. The third-order valence-electron chi connectivity index (χ3n) is 3.17. The van der Waals surface area contributed by atoms with Gasteiger partial charge in [-0.05, 0) is 12.8 Å². The first kappa shape index (κ1) is 15.0. The highest BCUT2D eigenvalue weighted by molar-refractivity contribution is 5.86. The Labute approximate surface area is 112 Å². The van der Waals surface area contributed by atoms with Gasteiger partial charge in [-0.1, -0.05) is 0 Å². The summed E-state index contributed by atoms with van der Waals surface area (Å²) in [4.78, 5) is 35.8. The van der Waals surface area contributed by atoms with Crippen molar-refractivity contribution in [3.05, 3.63) is 0 Å². The number of likely N-dealkylation sites (tertiary alicyclic amines) is 1. The summed E-state index contributed by atoms with van der Waals surface area (Å²) in [6.45, 7) is 2.44. The molecule has 19 heavy (non-hydrogen) atoms. The fourth-order valence-electron chi connectivity index (χ4n) is 2.08. The largest absolute Gasteiger partial charge is 0.480 e. The number of carbonyl (C=O) groups is 3. The number of carboxylic acids is 1. The first-order chi connectivity index (χ1) is 8.95. The number of carboxylic acid groups (broad SMARTS) is 1. The van der Waals surface area contributed by atoms with Gasteiger partial charge in [0.1, 0.15) is 6.04 Å². The van der Waals surface area contributed by atoms with E-state index in [0.717, 1.165) is 6.42 Å². The van der Waals surface area contributed by atoms with Crippen LogP contribution in [0.4, 0.5) is 0 Å². The van der Waals surface area contributed by atoms with Gasteiger partial charge in [0.25, 0.3) is 0 Å². The van der Waals surface area contributed by atoms with Crippen molar-refractivity contribution in [3.63, 3.8) is 0 Å². The van der Waals surface area contributed by atoms with Gasteiger partial charge in [0.15, 0.2) is 0 Å². The Bertz CT molecular complexity index is 413. The van der Waals surface area contributed by atoms with Gasteiger partial charge in [-0.3, -0.25) is 9.59 Å². The number of hydrogen-bond donors (Lipinski definition) is 2. The van der Waals surface area contributed by atoms with Crippen LogP contribution in [0.3, 0.4) is 0 Å². The van der Waals surface area contributed by atoms with Crippen LogP contribution in [0, 0.1) is 18.3 Å². The Hall–Kier alpha value is -2.03. The summed E-state index contributed by atoms with van der Waals surface area (Å²) in [6.07, 6.45) is 6.41. The highest BCUT2D eigenvalue weighted by atomic mass is 16.4.